The van der Waals surface area contributed by atoms with Gasteiger partial charge in [0.15, 0.2) is 0 Å². The van der Waals surface area contributed by atoms with E-state index in [1.54, 1.807) is 0 Å². The first kappa shape index (κ1) is 8.48. The van der Waals surface area contributed by atoms with Gasteiger partial charge in [0.05, 0.1) is 5.54 Å². The summed E-state index contributed by atoms with van der Waals surface area (Å²) in [6, 6.07) is 0. The lowest BCUT2D eigenvalue weighted by molar-refractivity contribution is -0.0221. The van der Waals surface area contributed by atoms with Crippen molar-refractivity contribution in [2.45, 2.75) is 18.4 Å². The summed E-state index contributed by atoms with van der Waals surface area (Å²) in [7, 11) is 2.17. The van der Waals surface area contributed by atoms with E-state index < -0.39 is 0 Å². The molecule has 0 unspecified atom stereocenters. The summed E-state index contributed by atoms with van der Waals surface area (Å²) in [4.78, 5) is 4.94. The van der Waals surface area contributed by atoms with Crippen LogP contribution in [0.1, 0.15) is 12.8 Å². The molecule has 2 aliphatic rings. The summed E-state index contributed by atoms with van der Waals surface area (Å²) in [5.41, 5.74) is 6.19. The van der Waals surface area contributed by atoms with Crippen LogP contribution in [0.3, 0.4) is 0 Å². The minimum Gasteiger partial charge on any atom is -0.329 e. The zero-order chi connectivity index (χ0) is 8.60. The Morgan fingerprint density at radius 3 is 2.25 bits per heavy atom. The fraction of sp³-hybridized carbons (Fsp3) is 1.00. The summed E-state index contributed by atoms with van der Waals surface area (Å²) < 4.78 is 0. The van der Waals surface area contributed by atoms with Gasteiger partial charge in [-0.1, -0.05) is 0 Å². The highest BCUT2D eigenvalue weighted by Gasteiger charge is 2.45. The minimum atomic E-state index is 0.352. The van der Waals surface area contributed by atoms with Gasteiger partial charge in [0.25, 0.3) is 0 Å². The Morgan fingerprint density at radius 1 is 1.25 bits per heavy atom. The molecule has 3 heteroatoms. The van der Waals surface area contributed by atoms with E-state index in [1.807, 2.05) is 0 Å². The first-order chi connectivity index (χ1) is 5.77. The molecule has 0 aromatic carbocycles. The normalized spacial score (nSPS) is 30.5. The Labute approximate surface area is 74.5 Å². The fourth-order valence-corrected chi connectivity index (χ4v) is 2.61. The minimum absolute atomic E-state index is 0.352. The molecule has 0 aromatic rings. The van der Waals surface area contributed by atoms with E-state index in [2.05, 4.69) is 16.8 Å². The summed E-state index contributed by atoms with van der Waals surface area (Å²) in [6.45, 7) is 5.71. The molecule has 70 valence electrons. The molecule has 2 heterocycles. The molecule has 3 nitrogen and oxygen atoms in total. The maximum absolute atomic E-state index is 5.84. The van der Waals surface area contributed by atoms with Crippen molar-refractivity contribution in [3.63, 3.8) is 0 Å². The molecule has 0 aromatic heterocycles. The third-order valence-corrected chi connectivity index (χ3v) is 3.29. The lowest BCUT2D eigenvalue weighted by atomic mass is 9.88. The van der Waals surface area contributed by atoms with E-state index in [4.69, 9.17) is 5.73 Å². The lowest BCUT2D eigenvalue weighted by Crippen LogP contribution is -2.71. The molecule has 12 heavy (non-hydrogen) atoms. The van der Waals surface area contributed by atoms with Crippen LogP contribution in [0.15, 0.2) is 0 Å². The molecule has 2 aliphatic heterocycles. The summed E-state index contributed by atoms with van der Waals surface area (Å²) in [5.74, 6) is 0. The monoisotopic (exact) mass is 169 g/mol. The number of likely N-dealkylation sites (tertiary alicyclic amines) is 2. The smallest absolute Gasteiger partial charge is 0.0586 e. The molecule has 2 rings (SSSR count). The van der Waals surface area contributed by atoms with E-state index >= 15 is 0 Å². The topological polar surface area (TPSA) is 32.5 Å². The van der Waals surface area contributed by atoms with Gasteiger partial charge in [-0.25, -0.2) is 0 Å². The van der Waals surface area contributed by atoms with Crippen LogP contribution in [0.25, 0.3) is 0 Å². The molecular formula is C9H19N3. The van der Waals surface area contributed by atoms with E-state index in [-0.39, 0.29) is 0 Å². The SMILES string of the molecule is CN1CC(CN)(N2CCCC2)C1. The third-order valence-electron chi connectivity index (χ3n) is 3.29. The number of nitrogens with zero attached hydrogens (tertiary/aromatic N) is 2. The van der Waals surface area contributed by atoms with Gasteiger partial charge < -0.3 is 10.6 Å². The standard InChI is InChI=1S/C9H19N3/c1-11-7-9(6-10,8-11)12-4-2-3-5-12/h2-8,10H2,1H3. The molecule has 0 spiro atoms. The molecule has 2 N–H and O–H groups in total. The number of hydrogen-bond acceptors (Lipinski definition) is 3. The van der Waals surface area contributed by atoms with Gasteiger partial charge in [-0.3, -0.25) is 4.90 Å². The van der Waals surface area contributed by atoms with E-state index in [0.29, 0.717) is 5.54 Å². The highest BCUT2D eigenvalue weighted by molar-refractivity contribution is 5.04. The third kappa shape index (κ3) is 1.16. The van der Waals surface area contributed by atoms with Crippen LogP contribution >= 0.6 is 0 Å². The second-order valence-corrected chi connectivity index (χ2v) is 4.29. The first-order valence-corrected chi connectivity index (χ1v) is 4.90. The number of likely N-dealkylation sites (N-methyl/N-ethyl adjacent to an activating group) is 1. The van der Waals surface area contributed by atoms with E-state index in [1.165, 1.54) is 39.0 Å². The maximum Gasteiger partial charge on any atom is 0.0586 e. The molecule has 0 saturated carbocycles. The van der Waals surface area contributed by atoms with E-state index in [9.17, 15) is 0 Å². The number of hydrogen-bond donors (Lipinski definition) is 1. The second kappa shape index (κ2) is 2.98. The van der Waals surface area contributed by atoms with Gasteiger partial charge in [-0.2, -0.15) is 0 Å². The van der Waals surface area contributed by atoms with Crippen LogP contribution in [-0.4, -0.2) is 55.1 Å². The second-order valence-electron chi connectivity index (χ2n) is 4.29. The predicted molar refractivity (Wildman–Crippen MR) is 50.1 cm³/mol. The summed E-state index contributed by atoms with van der Waals surface area (Å²) in [6.07, 6.45) is 2.73. The van der Waals surface area contributed by atoms with Crippen molar-refractivity contribution in [1.29, 1.82) is 0 Å². The Morgan fingerprint density at radius 2 is 1.83 bits per heavy atom. The first-order valence-electron chi connectivity index (χ1n) is 4.90. The van der Waals surface area contributed by atoms with Crippen LogP contribution in [0.4, 0.5) is 0 Å². The van der Waals surface area contributed by atoms with Crippen molar-refractivity contribution in [1.82, 2.24) is 9.80 Å². The molecule has 0 bridgehead atoms. The Balaban J connectivity index is 1.98. The van der Waals surface area contributed by atoms with Gasteiger partial charge in [0.2, 0.25) is 0 Å². The molecule has 2 saturated heterocycles. The van der Waals surface area contributed by atoms with Gasteiger partial charge in [-0.05, 0) is 33.0 Å². The van der Waals surface area contributed by atoms with Gasteiger partial charge in [0.1, 0.15) is 0 Å². The molecule has 2 fully saturated rings. The number of nitrogens with two attached hydrogens (primary N) is 1. The van der Waals surface area contributed by atoms with Crippen molar-refractivity contribution >= 4 is 0 Å². The van der Waals surface area contributed by atoms with Gasteiger partial charge in [0, 0.05) is 19.6 Å². The largest absolute Gasteiger partial charge is 0.329 e. The van der Waals surface area contributed by atoms with Crippen LogP contribution in [0, 0.1) is 0 Å². The zero-order valence-corrected chi connectivity index (χ0v) is 7.92. The molecule has 0 aliphatic carbocycles. The van der Waals surface area contributed by atoms with Crippen molar-refractivity contribution in [3.05, 3.63) is 0 Å². The Hall–Kier alpha value is -0.120. The molecule has 0 atom stereocenters. The fourth-order valence-electron chi connectivity index (χ4n) is 2.61. The van der Waals surface area contributed by atoms with Crippen LogP contribution in [-0.2, 0) is 0 Å². The molecule has 0 amide bonds. The van der Waals surface area contributed by atoms with Crippen LogP contribution in [0.5, 0.6) is 0 Å². The molecule has 0 radical (unpaired) electrons. The van der Waals surface area contributed by atoms with Gasteiger partial charge >= 0.3 is 0 Å². The highest BCUT2D eigenvalue weighted by Crippen LogP contribution is 2.28. The Kier molecular flexibility index (Phi) is 2.10. The van der Waals surface area contributed by atoms with Crippen molar-refractivity contribution in [2.75, 3.05) is 39.8 Å². The van der Waals surface area contributed by atoms with Gasteiger partial charge in [-0.15, -0.1) is 0 Å². The van der Waals surface area contributed by atoms with Crippen molar-refractivity contribution < 1.29 is 0 Å². The maximum atomic E-state index is 5.84. The predicted octanol–water partition coefficient (Wildman–Crippen LogP) is -0.275. The van der Waals surface area contributed by atoms with Crippen molar-refractivity contribution in [2.24, 2.45) is 5.73 Å². The Bertz CT molecular complexity index is 157. The van der Waals surface area contributed by atoms with Crippen molar-refractivity contribution in [3.8, 4) is 0 Å². The quantitative estimate of drug-likeness (QED) is 0.617. The zero-order valence-electron chi connectivity index (χ0n) is 7.92. The van der Waals surface area contributed by atoms with Crippen LogP contribution < -0.4 is 5.73 Å². The number of rotatable bonds is 2. The average Bonchev–Trinajstić information content (AvgIpc) is 2.50. The van der Waals surface area contributed by atoms with Crippen LogP contribution in [0.2, 0.25) is 0 Å². The summed E-state index contributed by atoms with van der Waals surface area (Å²) in [5, 5.41) is 0. The lowest BCUT2D eigenvalue weighted by Gasteiger charge is -2.53. The molecular weight excluding hydrogens is 150 g/mol. The summed E-state index contributed by atoms with van der Waals surface area (Å²) >= 11 is 0. The van der Waals surface area contributed by atoms with E-state index in [0.717, 1.165) is 6.54 Å². The highest BCUT2D eigenvalue weighted by atomic mass is 15.4. The average molecular weight is 169 g/mol.